The van der Waals surface area contributed by atoms with E-state index >= 15 is 0 Å². The number of primary amides is 1. The number of nitrogens with two attached hydrogens (primary N) is 1. The van der Waals surface area contributed by atoms with Crippen LogP contribution in [0.2, 0.25) is 0 Å². The standard InChI is InChI=1S/C12H12N2O3/c1-6-9(8-4-3-5-17-8)11(15)10(12(13)16)7(2)14-6/h3-5H,1-2H3,(H2,13,16)(H,14,15). The summed E-state index contributed by atoms with van der Waals surface area (Å²) in [7, 11) is 0. The van der Waals surface area contributed by atoms with Crippen LogP contribution in [-0.2, 0) is 0 Å². The van der Waals surface area contributed by atoms with Gasteiger partial charge in [0.05, 0.1) is 23.2 Å². The average molecular weight is 232 g/mol. The van der Waals surface area contributed by atoms with Gasteiger partial charge < -0.3 is 15.3 Å². The summed E-state index contributed by atoms with van der Waals surface area (Å²) in [5.41, 5.74) is 6.63. The first-order valence-corrected chi connectivity index (χ1v) is 5.06. The monoisotopic (exact) mass is 232 g/mol. The van der Waals surface area contributed by atoms with E-state index < -0.39 is 5.91 Å². The number of furan rings is 1. The molecule has 17 heavy (non-hydrogen) atoms. The molecule has 2 aromatic rings. The lowest BCUT2D eigenvalue weighted by atomic mass is 10.0. The van der Waals surface area contributed by atoms with Crippen molar-refractivity contribution in [1.82, 2.24) is 4.98 Å². The Hall–Kier alpha value is -2.30. The number of carbonyl (C=O) groups excluding carboxylic acids is 1. The van der Waals surface area contributed by atoms with E-state index in [1.54, 1.807) is 26.0 Å². The Morgan fingerprint density at radius 1 is 1.41 bits per heavy atom. The van der Waals surface area contributed by atoms with Crippen LogP contribution < -0.4 is 5.73 Å². The summed E-state index contributed by atoms with van der Waals surface area (Å²) >= 11 is 0. The first-order valence-electron chi connectivity index (χ1n) is 5.06. The van der Waals surface area contributed by atoms with Crippen molar-refractivity contribution in [2.75, 3.05) is 0 Å². The smallest absolute Gasteiger partial charge is 0.254 e. The van der Waals surface area contributed by atoms with Gasteiger partial charge in [0.15, 0.2) is 0 Å². The zero-order valence-electron chi connectivity index (χ0n) is 9.52. The maximum absolute atomic E-state index is 11.3. The highest BCUT2D eigenvalue weighted by atomic mass is 16.3. The van der Waals surface area contributed by atoms with Crippen LogP contribution in [0, 0.1) is 13.8 Å². The third-order valence-corrected chi connectivity index (χ3v) is 2.55. The molecule has 2 rings (SSSR count). The molecule has 0 unspecified atom stereocenters. The molecule has 2 aromatic heterocycles. The molecule has 0 saturated heterocycles. The SMILES string of the molecule is Cc1nc(C)c(-c2ccco2)c(O)c1C(N)=O. The van der Waals surface area contributed by atoms with Crippen LogP contribution in [0.5, 0.6) is 5.75 Å². The Kier molecular flexibility index (Phi) is 2.59. The summed E-state index contributed by atoms with van der Waals surface area (Å²) in [5.74, 6) is -0.437. The molecule has 0 aromatic carbocycles. The quantitative estimate of drug-likeness (QED) is 0.825. The van der Waals surface area contributed by atoms with Gasteiger partial charge in [-0.2, -0.15) is 0 Å². The number of aryl methyl sites for hydroxylation is 2. The molecule has 0 bridgehead atoms. The van der Waals surface area contributed by atoms with Gasteiger partial charge in [-0.25, -0.2) is 0 Å². The number of pyridine rings is 1. The number of hydrogen-bond donors (Lipinski definition) is 2. The van der Waals surface area contributed by atoms with Gasteiger partial charge in [0.2, 0.25) is 0 Å². The van der Waals surface area contributed by atoms with E-state index in [-0.39, 0.29) is 11.3 Å². The zero-order valence-corrected chi connectivity index (χ0v) is 9.52. The highest BCUT2D eigenvalue weighted by molar-refractivity contribution is 5.99. The fourth-order valence-electron chi connectivity index (χ4n) is 1.84. The molecule has 2 heterocycles. The lowest BCUT2D eigenvalue weighted by Crippen LogP contribution is -2.15. The molecular weight excluding hydrogens is 220 g/mol. The van der Waals surface area contributed by atoms with Gasteiger partial charge in [0.25, 0.3) is 5.91 Å². The van der Waals surface area contributed by atoms with Gasteiger partial charge in [-0.1, -0.05) is 0 Å². The summed E-state index contributed by atoms with van der Waals surface area (Å²) in [5, 5.41) is 10.1. The molecule has 0 saturated carbocycles. The second kappa shape index (κ2) is 3.93. The van der Waals surface area contributed by atoms with Gasteiger partial charge in [-0.15, -0.1) is 0 Å². The van der Waals surface area contributed by atoms with Crippen LogP contribution in [0.3, 0.4) is 0 Å². The van der Waals surface area contributed by atoms with Crippen LogP contribution in [0.1, 0.15) is 21.7 Å². The van der Waals surface area contributed by atoms with E-state index in [0.717, 1.165) is 0 Å². The molecule has 88 valence electrons. The summed E-state index contributed by atoms with van der Waals surface area (Å²) in [6.45, 7) is 3.36. The van der Waals surface area contributed by atoms with Crippen LogP contribution in [-0.4, -0.2) is 16.0 Å². The fourth-order valence-corrected chi connectivity index (χ4v) is 1.84. The van der Waals surface area contributed by atoms with Crippen LogP contribution >= 0.6 is 0 Å². The van der Waals surface area contributed by atoms with Crippen molar-refractivity contribution in [1.29, 1.82) is 0 Å². The third kappa shape index (κ3) is 1.75. The van der Waals surface area contributed by atoms with E-state index in [4.69, 9.17) is 10.2 Å². The van der Waals surface area contributed by atoms with Crippen molar-refractivity contribution in [3.63, 3.8) is 0 Å². The Labute approximate surface area is 97.9 Å². The number of hydrogen-bond acceptors (Lipinski definition) is 4. The van der Waals surface area contributed by atoms with E-state index in [1.165, 1.54) is 6.26 Å². The summed E-state index contributed by atoms with van der Waals surface area (Å²) < 4.78 is 5.20. The molecule has 5 nitrogen and oxygen atoms in total. The molecule has 0 spiro atoms. The normalized spacial score (nSPS) is 10.5. The summed E-state index contributed by atoms with van der Waals surface area (Å²) in [6.07, 6.45) is 1.48. The Morgan fingerprint density at radius 2 is 2.12 bits per heavy atom. The fraction of sp³-hybridized carbons (Fsp3) is 0.167. The van der Waals surface area contributed by atoms with E-state index in [2.05, 4.69) is 4.98 Å². The number of rotatable bonds is 2. The Morgan fingerprint density at radius 3 is 2.65 bits per heavy atom. The lowest BCUT2D eigenvalue weighted by Gasteiger charge is -2.11. The molecule has 0 atom stereocenters. The number of nitrogens with zero attached hydrogens (tertiary/aromatic N) is 1. The van der Waals surface area contributed by atoms with Gasteiger partial charge in [-0.3, -0.25) is 9.78 Å². The maximum atomic E-state index is 11.3. The molecule has 5 heteroatoms. The van der Waals surface area contributed by atoms with Crippen LogP contribution in [0.25, 0.3) is 11.3 Å². The minimum Gasteiger partial charge on any atom is -0.506 e. The van der Waals surface area contributed by atoms with Gasteiger partial charge in [-0.05, 0) is 26.0 Å². The Bertz CT molecular complexity index is 574. The van der Waals surface area contributed by atoms with Crippen molar-refractivity contribution < 1.29 is 14.3 Å². The van der Waals surface area contributed by atoms with E-state index in [1.807, 2.05) is 0 Å². The lowest BCUT2D eigenvalue weighted by molar-refractivity contribution is 0.0997. The molecule has 0 radical (unpaired) electrons. The average Bonchev–Trinajstić information content (AvgIpc) is 2.69. The van der Waals surface area contributed by atoms with Crippen LogP contribution in [0.15, 0.2) is 22.8 Å². The summed E-state index contributed by atoms with van der Waals surface area (Å²) in [6, 6.07) is 3.38. The van der Waals surface area contributed by atoms with Crippen molar-refractivity contribution in [3.8, 4) is 17.1 Å². The van der Waals surface area contributed by atoms with Crippen molar-refractivity contribution >= 4 is 5.91 Å². The minimum atomic E-state index is -0.708. The highest BCUT2D eigenvalue weighted by Crippen LogP contribution is 2.35. The highest BCUT2D eigenvalue weighted by Gasteiger charge is 2.21. The predicted octanol–water partition coefficient (Wildman–Crippen LogP) is 1.76. The van der Waals surface area contributed by atoms with Crippen molar-refractivity contribution in [3.05, 3.63) is 35.3 Å². The molecule has 1 amide bonds. The maximum Gasteiger partial charge on any atom is 0.254 e. The molecule has 0 fully saturated rings. The van der Waals surface area contributed by atoms with Crippen LogP contribution in [0.4, 0.5) is 0 Å². The van der Waals surface area contributed by atoms with Gasteiger partial charge in [0, 0.05) is 0 Å². The molecule has 3 N–H and O–H groups in total. The summed E-state index contributed by atoms with van der Waals surface area (Å²) in [4.78, 5) is 15.5. The zero-order chi connectivity index (χ0) is 12.6. The molecule has 0 aliphatic carbocycles. The Balaban J connectivity index is 2.77. The first kappa shape index (κ1) is 11.2. The van der Waals surface area contributed by atoms with Crippen molar-refractivity contribution in [2.24, 2.45) is 5.73 Å². The molecule has 0 aliphatic rings. The van der Waals surface area contributed by atoms with Gasteiger partial charge in [0.1, 0.15) is 17.1 Å². The largest absolute Gasteiger partial charge is 0.506 e. The number of amides is 1. The second-order valence-corrected chi connectivity index (χ2v) is 3.72. The molecule has 0 aliphatic heterocycles. The first-order chi connectivity index (χ1) is 8.02. The van der Waals surface area contributed by atoms with Crippen molar-refractivity contribution in [2.45, 2.75) is 13.8 Å². The predicted molar refractivity (Wildman–Crippen MR) is 61.6 cm³/mol. The van der Waals surface area contributed by atoms with Gasteiger partial charge >= 0.3 is 0 Å². The number of aromatic nitrogens is 1. The van der Waals surface area contributed by atoms with E-state index in [9.17, 15) is 9.90 Å². The molecular formula is C12H12N2O3. The number of carbonyl (C=O) groups is 1. The third-order valence-electron chi connectivity index (χ3n) is 2.55. The minimum absolute atomic E-state index is 0.0296. The second-order valence-electron chi connectivity index (χ2n) is 3.72. The topological polar surface area (TPSA) is 89.3 Å². The van der Waals surface area contributed by atoms with E-state index in [0.29, 0.717) is 22.7 Å². The number of aromatic hydroxyl groups is 1.